The van der Waals surface area contributed by atoms with E-state index in [4.69, 9.17) is 9.47 Å². The van der Waals surface area contributed by atoms with Crippen LogP contribution in [0.5, 0.6) is 11.5 Å². The summed E-state index contributed by atoms with van der Waals surface area (Å²) >= 11 is 0. The van der Waals surface area contributed by atoms with E-state index in [1.807, 2.05) is 12.1 Å². The van der Waals surface area contributed by atoms with Gasteiger partial charge < -0.3 is 9.47 Å². The van der Waals surface area contributed by atoms with Crippen molar-refractivity contribution in [1.82, 2.24) is 0 Å². The van der Waals surface area contributed by atoms with Crippen LogP contribution in [0, 0.1) is 0 Å². The Morgan fingerprint density at radius 1 is 1.00 bits per heavy atom. The lowest BCUT2D eigenvalue weighted by atomic mass is 9.83. The van der Waals surface area contributed by atoms with Gasteiger partial charge >= 0.3 is 0 Å². The fourth-order valence-electron chi connectivity index (χ4n) is 2.26. The highest BCUT2D eigenvalue weighted by Gasteiger charge is 2.23. The number of carbonyl (C=O) groups excluding carboxylic acids is 1. The Kier molecular flexibility index (Phi) is 7.43. The van der Waals surface area contributed by atoms with E-state index in [0.29, 0.717) is 30.3 Å². The lowest BCUT2D eigenvalue weighted by molar-refractivity contribution is 0.111. The van der Waals surface area contributed by atoms with E-state index >= 15 is 0 Å². The normalized spacial score (nSPS) is 11.3. The standard InChI is InChI=1S/C19H30O3/c1-6-8-12-21-17-11-10-16(19(3,4)5)15(14-20)18(17)22-13-9-7-2/h10-11,14H,6-9,12-13H2,1-5H3. The SMILES string of the molecule is CCCCOc1ccc(C(C)(C)C)c(C=O)c1OCCCC. The molecule has 0 atom stereocenters. The molecule has 0 heterocycles. The maximum Gasteiger partial charge on any atom is 0.171 e. The molecule has 0 aliphatic rings. The second-order valence-electron chi connectivity index (χ2n) is 6.63. The average molecular weight is 306 g/mol. The number of ether oxygens (including phenoxy) is 2. The first kappa shape index (κ1) is 18.5. The van der Waals surface area contributed by atoms with E-state index < -0.39 is 0 Å². The van der Waals surface area contributed by atoms with Crippen LogP contribution in [-0.2, 0) is 5.41 Å². The molecule has 0 amide bonds. The molecule has 0 unspecified atom stereocenters. The highest BCUT2D eigenvalue weighted by molar-refractivity contribution is 5.84. The number of aldehydes is 1. The number of hydrogen-bond donors (Lipinski definition) is 0. The van der Waals surface area contributed by atoms with Gasteiger partial charge in [-0.1, -0.05) is 53.5 Å². The molecule has 3 nitrogen and oxygen atoms in total. The van der Waals surface area contributed by atoms with Gasteiger partial charge in [-0.2, -0.15) is 0 Å². The first-order valence-corrected chi connectivity index (χ1v) is 8.33. The van der Waals surface area contributed by atoms with Gasteiger partial charge in [-0.3, -0.25) is 4.79 Å². The van der Waals surface area contributed by atoms with Crippen molar-refractivity contribution in [2.45, 2.75) is 65.7 Å². The third kappa shape index (κ3) is 5.04. The van der Waals surface area contributed by atoms with Gasteiger partial charge in [0.25, 0.3) is 0 Å². The van der Waals surface area contributed by atoms with Crippen molar-refractivity contribution in [3.63, 3.8) is 0 Å². The predicted molar refractivity (Wildman–Crippen MR) is 91.3 cm³/mol. The van der Waals surface area contributed by atoms with E-state index in [1.165, 1.54) is 0 Å². The molecule has 0 N–H and O–H groups in total. The zero-order valence-electron chi connectivity index (χ0n) is 14.7. The Balaban J connectivity index is 3.17. The van der Waals surface area contributed by atoms with Crippen LogP contribution in [0.3, 0.4) is 0 Å². The molecule has 0 saturated heterocycles. The second-order valence-corrected chi connectivity index (χ2v) is 6.63. The molecule has 0 bridgehead atoms. The number of hydrogen-bond acceptors (Lipinski definition) is 3. The van der Waals surface area contributed by atoms with Crippen molar-refractivity contribution >= 4 is 6.29 Å². The van der Waals surface area contributed by atoms with Crippen LogP contribution in [0.4, 0.5) is 0 Å². The van der Waals surface area contributed by atoms with Crippen molar-refractivity contribution in [2.24, 2.45) is 0 Å². The molecule has 1 rings (SSSR count). The number of unbranched alkanes of at least 4 members (excludes halogenated alkanes) is 2. The molecule has 0 spiro atoms. The summed E-state index contributed by atoms with van der Waals surface area (Å²) in [7, 11) is 0. The van der Waals surface area contributed by atoms with Crippen LogP contribution in [0.1, 0.15) is 76.2 Å². The number of rotatable bonds is 9. The highest BCUT2D eigenvalue weighted by Crippen LogP contribution is 2.38. The van der Waals surface area contributed by atoms with Gasteiger partial charge in [-0.05, 0) is 29.9 Å². The van der Waals surface area contributed by atoms with E-state index in [1.54, 1.807) is 0 Å². The minimum atomic E-state index is -0.110. The molecule has 0 aliphatic heterocycles. The fraction of sp³-hybridized carbons (Fsp3) is 0.632. The van der Waals surface area contributed by atoms with Crippen LogP contribution < -0.4 is 9.47 Å². The van der Waals surface area contributed by atoms with Crippen molar-refractivity contribution < 1.29 is 14.3 Å². The first-order valence-electron chi connectivity index (χ1n) is 8.33. The van der Waals surface area contributed by atoms with Crippen molar-refractivity contribution in [3.05, 3.63) is 23.3 Å². The largest absolute Gasteiger partial charge is 0.490 e. The summed E-state index contributed by atoms with van der Waals surface area (Å²) in [6.07, 6.45) is 4.99. The highest BCUT2D eigenvalue weighted by atomic mass is 16.5. The molecular formula is C19H30O3. The monoisotopic (exact) mass is 306 g/mol. The van der Waals surface area contributed by atoms with Crippen molar-refractivity contribution in [3.8, 4) is 11.5 Å². The van der Waals surface area contributed by atoms with Crippen molar-refractivity contribution in [1.29, 1.82) is 0 Å². The van der Waals surface area contributed by atoms with E-state index in [2.05, 4.69) is 34.6 Å². The lowest BCUT2D eigenvalue weighted by Crippen LogP contribution is -2.16. The van der Waals surface area contributed by atoms with E-state index in [9.17, 15) is 4.79 Å². The molecular weight excluding hydrogens is 276 g/mol. The Morgan fingerprint density at radius 3 is 2.09 bits per heavy atom. The molecule has 3 heteroatoms. The van der Waals surface area contributed by atoms with E-state index in [-0.39, 0.29) is 5.41 Å². The Bertz CT molecular complexity index is 472. The Hall–Kier alpha value is -1.51. The second kappa shape index (κ2) is 8.82. The molecule has 1 aromatic rings. The third-order valence-corrected chi connectivity index (χ3v) is 3.59. The maximum atomic E-state index is 11.7. The van der Waals surface area contributed by atoms with Crippen LogP contribution in [0.25, 0.3) is 0 Å². The molecule has 124 valence electrons. The van der Waals surface area contributed by atoms with Crippen LogP contribution >= 0.6 is 0 Å². The van der Waals surface area contributed by atoms with Crippen LogP contribution in [0.15, 0.2) is 12.1 Å². The molecule has 1 aromatic carbocycles. The minimum absolute atomic E-state index is 0.110. The zero-order chi connectivity index (χ0) is 16.6. The maximum absolute atomic E-state index is 11.7. The summed E-state index contributed by atoms with van der Waals surface area (Å²) < 4.78 is 11.7. The third-order valence-electron chi connectivity index (χ3n) is 3.59. The topological polar surface area (TPSA) is 35.5 Å². The smallest absolute Gasteiger partial charge is 0.171 e. The minimum Gasteiger partial charge on any atom is -0.490 e. The number of benzene rings is 1. The quantitative estimate of drug-likeness (QED) is 0.467. The van der Waals surface area contributed by atoms with Gasteiger partial charge in [-0.25, -0.2) is 0 Å². The van der Waals surface area contributed by atoms with Gasteiger partial charge in [0.1, 0.15) is 0 Å². The van der Waals surface area contributed by atoms with Gasteiger partial charge in [0.2, 0.25) is 0 Å². The summed E-state index contributed by atoms with van der Waals surface area (Å²) in [6.45, 7) is 11.8. The summed E-state index contributed by atoms with van der Waals surface area (Å²) in [5, 5.41) is 0. The summed E-state index contributed by atoms with van der Waals surface area (Å²) in [5.41, 5.74) is 1.51. The number of carbonyl (C=O) groups is 1. The van der Waals surface area contributed by atoms with Gasteiger partial charge in [0.05, 0.1) is 18.8 Å². The van der Waals surface area contributed by atoms with Gasteiger partial charge in [0.15, 0.2) is 17.8 Å². The fourth-order valence-corrected chi connectivity index (χ4v) is 2.26. The summed E-state index contributed by atoms with van der Waals surface area (Å²) in [4.78, 5) is 11.7. The molecule has 0 fully saturated rings. The zero-order valence-corrected chi connectivity index (χ0v) is 14.7. The van der Waals surface area contributed by atoms with E-state index in [0.717, 1.165) is 37.5 Å². The average Bonchev–Trinajstić information content (AvgIpc) is 2.47. The van der Waals surface area contributed by atoms with Crippen LogP contribution in [0.2, 0.25) is 0 Å². The summed E-state index contributed by atoms with van der Waals surface area (Å²) in [5.74, 6) is 1.28. The Labute approximate surface area is 135 Å². The van der Waals surface area contributed by atoms with Gasteiger partial charge in [-0.15, -0.1) is 0 Å². The lowest BCUT2D eigenvalue weighted by Gasteiger charge is -2.24. The predicted octanol–water partition coefficient (Wildman–Crippen LogP) is 5.15. The Morgan fingerprint density at radius 2 is 1.59 bits per heavy atom. The molecule has 0 aliphatic carbocycles. The first-order chi connectivity index (χ1) is 10.5. The van der Waals surface area contributed by atoms with Crippen LogP contribution in [-0.4, -0.2) is 19.5 Å². The molecule has 22 heavy (non-hydrogen) atoms. The molecule has 0 aromatic heterocycles. The molecule has 0 saturated carbocycles. The molecule has 0 radical (unpaired) electrons. The van der Waals surface area contributed by atoms with Gasteiger partial charge in [0, 0.05) is 0 Å². The van der Waals surface area contributed by atoms with Crippen molar-refractivity contribution in [2.75, 3.05) is 13.2 Å². The summed E-state index contributed by atoms with van der Waals surface area (Å²) in [6, 6.07) is 3.92.